The summed E-state index contributed by atoms with van der Waals surface area (Å²) in [5, 5.41) is 2.67. The van der Waals surface area contributed by atoms with Crippen LogP contribution in [0.15, 0.2) is 53.4 Å². The van der Waals surface area contributed by atoms with Crippen molar-refractivity contribution in [1.82, 2.24) is 0 Å². The molecule has 0 fully saturated rings. The number of amides is 1. The first-order valence-electron chi connectivity index (χ1n) is 6.15. The lowest BCUT2D eigenvalue weighted by Crippen LogP contribution is -2.20. The number of anilines is 2. The van der Waals surface area contributed by atoms with Gasteiger partial charge in [-0.2, -0.15) is 0 Å². The van der Waals surface area contributed by atoms with E-state index in [4.69, 9.17) is 5.73 Å². The van der Waals surface area contributed by atoms with Gasteiger partial charge in [0.05, 0.1) is 22.2 Å². The van der Waals surface area contributed by atoms with Crippen LogP contribution in [0.5, 0.6) is 0 Å². The Morgan fingerprint density at radius 3 is 2.45 bits per heavy atom. The fourth-order valence-corrected chi connectivity index (χ4v) is 2.61. The Morgan fingerprint density at radius 1 is 1.15 bits per heavy atom. The van der Waals surface area contributed by atoms with E-state index in [1.807, 2.05) is 19.1 Å². The highest BCUT2D eigenvalue weighted by Crippen LogP contribution is 2.17. The Labute approximate surface area is 120 Å². The van der Waals surface area contributed by atoms with Crippen molar-refractivity contribution in [2.75, 3.05) is 16.8 Å². The second-order valence-corrected chi connectivity index (χ2v) is 5.89. The van der Waals surface area contributed by atoms with Crippen LogP contribution in [0.1, 0.15) is 5.56 Å². The maximum absolute atomic E-state index is 12.1. The van der Waals surface area contributed by atoms with E-state index >= 15 is 0 Å². The Kier molecular flexibility index (Phi) is 4.53. The zero-order chi connectivity index (χ0) is 14.5. The second-order valence-electron chi connectivity index (χ2n) is 4.44. The quantitative estimate of drug-likeness (QED) is 0.848. The van der Waals surface area contributed by atoms with Gasteiger partial charge < -0.3 is 11.1 Å². The van der Waals surface area contributed by atoms with E-state index in [0.717, 1.165) is 5.56 Å². The minimum absolute atomic E-state index is 0.0859. The fourth-order valence-electron chi connectivity index (χ4n) is 1.69. The van der Waals surface area contributed by atoms with Gasteiger partial charge in [0.15, 0.2) is 0 Å². The number of carbonyl (C=O) groups excluding carboxylic acids is 1. The molecule has 0 aliphatic rings. The molecule has 0 aliphatic heterocycles. The van der Waals surface area contributed by atoms with Gasteiger partial charge in [-0.05, 0) is 31.2 Å². The van der Waals surface area contributed by atoms with Crippen LogP contribution in [0, 0.1) is 6.92 Å². The number of nitrogens with one attached hydrogen (secondary N) is 1. The predicted octanol–water partition coefficient (Wildman–Crippen LogP) is 2.32. The van der Waals surface area contributed by atoms with Gasteiger partial charge in [0.1, 0.15) is 5.75 Å². The summed E-state index contributed by atoms with van der Waals surface area (Å²) >= 11 is 0. The van der Waals surface area contributed by atoms with Gasteiger partial charge in [-0.25, -0.2) is 0 Å². The molecular formula is C15H16N2O2S. The lowest BCUT2D eigenvalue weighted by molar-refractivity contribution is -0.113. The van der Waals surface area contributed by atoms with E-state index in [-0.39, 0.29) is 11.7 Å². The first-order valence-corrected chi connectivity index (χ1v) is 7.47. The highest BCUT2D eigenvalue weighted by atomic mass is 32.2. The molecular weight excluding hydrogens is 272 g/mol. The van der Waals surface area contributed by atoms with Gasteiger partial charge in [0, 0.05) is 4.90 Å². The Bertz CT molecular complexity index is 639. The van der Waals surface area contributed by atoms with Crippen molar-refractivity contribution in [1.29, 1.82) is 0 Å². The molecule has 5 heteroatoms. The first-order chi connectivity index (χ1) is 9.56. The molecule has 2 rings (SSSR count). The van der Waals surface area contributed by atoms with Crippen molar-refractivity contribution in [3.63, 3.8) is 0 Å². The summed E-state index contributed by atoms with van der Waals surface area (Å²) in [4.78, 5) is 12.5. The van der Waals surface area contributed by atoms with Crippen molar-refractivity contribution < 1.29 is 9.00 Å². The molecule has 104 valence electrons. The third-order valence-corrected chi connectivity index (χ3v) is 4.10. The molecule has 0 aromatic heterocycles. The van der Waals surface area contributed by atoms with Gasteiger partial charge >= 0.3 is 0 Å². The van der Waals surface area contributed by atoms with Crippen molar-refractivity contribution in [2.24, 2.45) is 0 Å². The van der Waals surface area contributed by atoms with Crippen LogP contribution in [0.4, 0.5) is 11.4 Å². The lowest BCUT2D eigenvalue weighted by Gasteiger charge is -2.07. The van der Waals surface area contributed by atoms with E-state index in [9.17, 15) is 9.00 Å². The molecule has 0 radical (unpaired) electrons. The van der Waals surface area contributed by atoms with E-state index in [1.54, 1.807) is 36.4 Å². The zero-order valence-corrected chi connectivity index (χ0v) is 11.9. The second kappa shape index (κ2) is 6.34. The molecule has 4 nitrogen and oxygen atoms in total. The maximum atomic E-state index is 12.1. The SMILES string of the molecule is Cc1ccc(S(=O)CC(=O)Nc2ccccc2N)cc1. The minimum Gasteiger partial charge on any atom is -0.397 e. The highest BCUT2D eigenvalue weighted by molar-refractivity contribution is 7.85. The van der Waals surface area contributed by atoms with Crippen LogP contribution in [0.25, 0.3) is 0 Å². The van der Waals surface area contributed by atoms with E-state index in [0.29, 0.717) is 16.3 Å². The number of para-hydroxylation sites is 2. The molecule has 0 saturated carbocycles. The summed E-state index contributed by atoms with van der Waals surface area (Å²) in [6.07, 6.45) is 0. The monoisotopic (exact) mass is 288 g/mol. The molecule has 1 atom stereocenters. The standard InChI is InChI=1S/C15H16N2O2S/c1-11-6-8-12(9-7-11)20(19)10-15(18)17-14-5-3-2-4-13(14)16/h2-9H,10,16H2,1H3,(H,17,18). The van der Waals surface area contributed by atoms with Crippen molar-refractivity contribution in [2.45, 2.75) is 11.8 Å². The van der Waals surface area contributed by atoms with Crippen LogP contribution in [0.2, 0.25) is 0 Å². The average molecular weight is 288 g/mol. The number of hydrogen-bond donors (Lipinski definition) is 2. The van der Waals surface area contributed by atoms with Crippen molar-refractivity contribution >= 4 is 28.1 Å². The molecule has 0 saturated heterocycles. The lowest BCUT2D eigenvalue weighted by atomic mass is 10.2. The number of nitrogen functional groups attached to an aromatic ring is 1. The molecule has 0 bridgehead atoms. The van der Waals surface area contributed by atoms with Gasteiger partial charge in [-0.1, -0.05) is 29.8 Å². The molecule has 20 heavy (non-hydrogen) atoms. The highest BCUT2D eigenvalue weighted by Gasteiger charge is 2.11. The predicted molar refractivity (Wildman–Crippen MR) is 81.9 cm³/mol. The molecule has 1 amide bonds. The summed E-state index contributed by atoms with van der Waals surface area (Å²) in [6, 6.07) is 14.3. The van der Waals surface area contributed by atoms with Crippen molar-refractivity contribution in [3.05, 3.63) is 54.1 Å². The Morgan fingerprint density at radius 2 is 1.80 bits per heavy atom. The van der Waals surface area contributed by atoms with E-state index in [2.05, 4.69) is 5.32 Å². The van der Waals surface area contributed by atoms with Gasteiger partial charge in [-0.3, -0.25) is 9.00 Å². The summed E-state index contributed by atoms with van der Waals surface area (Å²) < 4.78 is 12.1. The third kappa shape index (κ3) is 3.68. The van der Waals surface area contributed by atoms with Crippen molar-refractivity contribution in [3.8, 4) is 0 Å². The Balaban J connectivity index is 2.00. The minimum atomic E-state index is -1.35. The smallest absolute Gasteiger partial charge is 0.237 e. The largest absolute Gasteiger partial charge is 0.397 e. The van der Waals surface area contributed by atoms with Crippen LogP contribution in [-0.4, -0.2) is 15.9 Å². The number of aryl methyl sites for hydroxylation is 1. The fraction of sp³-hybridized carbons (Fsp3) is 0.133. The molecule has 0 aliphatic carbocycles. The van der Waals surface area contributed by atoms with Crippen LogP contribution < -0.4 is 11.1 Å². The summed E-state index contributed by atoms with van der Waals surface area (Å²) in [7, 11) is -1.35. The van der Waals surface area contributed by atoms with E-state index < -0.39 is 10.8 Å². The van der Waals surface area contributed by atoms with Crippen LogP contribution in [-0.2, 0) is 15.6 Å². The normalized spacial score (nSPS) is 11.8. The molecule has 0 spiro atoms. The van der Waals surface area contributed by atoms with Crippen LogP contribution in [0.3, 0.4) is 0 Å². The van der Waals surface area contributed by atoms with Gasteiger partial charge in [0.25, 0.3) is 0 Å². The molecule has 0 heterocycles. The topological polar surface area (TPSA) is 72.2 Å². The zero-order valence-electron chi connectivity index (χ0n) is 11.1. The summed E-state index contributed by atoms with van der Waals surface area (Å²) in [5.74, 6) is -0.404. The number of carbonyl (C=O) groups is 1. The van der Waals surface area contributed by atoms with Gasteiger partial charge in [-0.15, -0.1) is 0 Å². The number of benzene rings is 2. The molecule has 3 N–H and O–H groups in total. The molecule has 2 aromatic carbocycles. The number of hydrogen-bond acceptors (Lipinski definition) is 3. The Hall–Kier alpha value is -2.14. The molecule has 1 unspecified atom stereocenters. The third-order valence-electron chi connectivity index (χ3n) is 2.78. The number of nitrogens with two attached hydrogens (primary N) is 1. The number of rotatable bonds is 4. The summed E-state index contributed by atoms with van der Waals surface area (Å²) in [5.41, 5.74) is 7.86. The van der Waals surface area contributed by atoms with Gasteiger partial charge in [0.2, 0.25) is 5.91 Å². The average Bonchev–Trinajstić information content (AvgIpc) is 2.42. The maximum Gasteiger partial charge on any atom is 0.237 e. The van der Waals surface area contributed by atoms with Crippen LogP contribution >= 0.6 is 0 Å². The van der Waals surface area contributed by atoms with E-state index in [1.165, 1.54) is 0 Å². The first kappa shape index (κ1) is 14.3. The summed E-state index contributed by atoms with van der Waals surface area (Å²) in [6.45, 7) is 1.96. The molecule has 2 aromatic rings.